The van der Waals surface area contributed by atoms with E-state index in [0.717, 1.165) is 11.1 Å². The van der Waals surface area contributed by atoms with E-state index in [1.54, 1.807) is 30.0 Å². The number of halogens is 2. The van der Waals surface area contributed by atoms with Crippen molar-refractivity contribution in [1.29, 1.82) is 0 Å². The highest BCUT2D eigenvalue weighted by molar-refractivity contribution is 7.98. The van der Waals surface area contributed by atoms with Crippen molar-refractivity contribution < 1.29 is 4.79 Å². The summed E-state index contributed by atoms with van der Waals surface area (Å²) in [6, 6.07) is 33.1. The van der Waals surface area contributed by atoms with Gasteiger partial charge in [-0.2, -0.15) is 0 Å². The summed E-state index contributed by atoms with van der Waals surface area (Å²) in [5.41, 5.74) is 4.86. The Morgan fingerprint density at radius 3 is 2.23 bits per heavy atom. The number of amides is 1. The fourth-order valence-electron chi connectivity index (χ4n) is 4.41. The molecule has 0 aliphatic rings. The van der Waals surface area contributed by atoms with Crippen LogP contribution < -0.4 is 5.32 Å². The quantitative estimate of drug-likeness (QED) is 0.184. The molecule has 39 heavy (non-hydrogen) atoms. The summed E-state index contributed by atoms with van der Waals surface area (Å²) >= 11 is 14.5. The van der Waals surface area contributed by atoms with E-state index < -0.39 is 5.92 Å². The molecular formula is C31H26Cl2N4OS. The van der Waals surface area contributed by atoms with Gasteiger partial charge < -0.3 is 5.32 Å². The molecule has 1 amide bonds. The minimum absolute atomic E-state index is 0.131. The highest BCUT2D eigenvalue weighted by Crippen LogP contribution is 2.31. The molecule has 0 unspecified atom stereocenters. The zero-order chi connectivity index (χ0) is 27.2. The van der Waals surface area contributed by atoms with E-state index in [1.807, 2.05) is 71.3 Å². The van der Waals surface area contributed by atoms with Gasteiger partial charge in [0, 0.05) is 10.8 Å². The van der Waals surface area contributed by atoms with Crippen molar-refractivity contribution in [3.8, 4) is 5.69 Å². The molecule has 5 nitrogen and oxygen atoms in total. The molecule has 0 saturated heterocycles. The van der Waals surface area contributed by atoms with Crippen molar-refractivity contribution in [3.05, 3.63) is 141 Å². The van der Waals surface area contributed by atoms with Gasteiger partial charge in [-0.05, 0) is 41.8 Å². The number of nitrogens with one attached hydrogen (secondary N) is 1. The molecule has 5 aromatic rings. The zero-order valence-corrected chi connectivity index (χ0v) is 23.5. The largest absolute Gasteiger partial charge is 0.348 e. The van der Waals surface area contributed by atoms with Crippen LogP contribution in [0, 0.1) is 6.92 Å². The van der Waals surface area contributed by atoms with Gasteiger partial charge in [0.1, 0.15) is 0 Å². The second-order valence-electron chi connectivity index (χ2n) is 9.08. The molecule has 1 heterocycles. The summed E-state index contributed by atoms with van der Waals surface area (Å²) in [5.74, 6) is 0.662. The lowest BCUT2D eigenvalue weighted by molar-refractivity contribution is -0.121. The molecule has 0 aliphatic carbocycles. The zero-order valence-electron chi connectivity index (χ0n) is 21.2. The van der Waals surface area contributed by atoms with Crippen molar-refractivity contribution in [3.63, 3.8) is 0 Å². The molecular weight excluding hydrogens is 547 g/mol. The average molecular weight is 574 g/mol. The van der Waals surface area contributed by atoms with Crippen molar-refractivity contribution in [1.82, 2.24) is 20.1 Å². The number of carbonyl (C=O) groups is 1. The van der Waals surface area contributed by atoms with Crippen LogP contribution in [0.4, 0.5) is 0 Å². The Kier molecular flexibility index (Phi) is 8.67. The van der Waals surface area contributed by atoms with Gasteiger partial charge in [-0.1, -0.05) is 125 Å². The van der Waals surface area contributed by atoms with Crippen LogP contribution >= 0.6 is 35.0 Å². The van der Waals surface area contributed by atoms with Crippen molar-refractivity contribution in [2.24, 2.45) is 0 Å². The summed E-state index contributed by atoms with van der Waals surface area (Å²) in [7, 11) is 0. The fraction of sp³-hybridized carbons (Fsp3) is 0.129. The van der Waals surface area contributed by atoms with Crippen LogP contribution in [0.2, 0.25) is 10.0 Å². The molecule has 5 rings (SSSR count). The Balaban J connectivity index is 1.44. The third kappa shape index (κ3) is 6.53. The highest BCUT2D eigenvalue weighted by atomic mass is 35.5. The molecule has 4 aromatic carbocycles. The summed E-state index contributed by atoms with van der Waals surface area (Å²) in [5, 5.41) is 13.7. The Morgan fingerprint density at radius 1 is 0.872 bits per heavy atom. The summed E-state index contributed by atoms with van der Waals surface area (Å²) < 4.78 is 1.87. The number of benzene rings is 4. The van der Waals surface area contributed by atoms with Crippen molar-refractivity contribution in [2.45, 2.75) is 30.3 Å². The highest BCUT2D eigenvalue weighted by Gasteiger charge is 2.24. The van der Waals surface area contributed by atoms with Gasteiger partial charge in [0.2, 0.25) is 5.91 Å². The molecule has 0 spiro atoms. The third-order valence-corrected chi connectivity index (χ3v) is 7.80. The second kappa shape index (κ2) is 12.5. The number of rotatable bonds is 9. The predicted molar refractivity (Wildman–Crippen MR) is 159 cm³/mol. The molecule has 0 atom stereocenters. The molecule has 1 N–H and O–H groups in total. The van der Waals surface area contributed by atoms with Gasteiger partial charge in [0.25, 0.3) is 0 Å². The van der Waals surface area contributed by atoms with E-state index in [0.29, 0.717) is 32.5 Å². The molecule has 196 valence electrons. The van der Waals surface area contributed by atoms with Gasteiger partial charge in [0.05, 0.1) is 23.2 Å². The summed E-state index contributed by atoms with van der Waals surface area (Å²) in [6.07, 6.45) is 0. The standard InChI is InChI=1S/C31H26Cl2N4OS/c1-21-9-8-10-22(17-21)20-39-31-36-35-28(37(31)27-18-25(32)15-16-26(27)33)19-34-30(38)29(23-11-4-2-5-12-23)24-13-6-3-7-14-24/h2-18,29H,19-20H2,1H3,(H,34,38). The van der Waals surface area contributed by atoms with Crippen LogP contribution in [-0.4, -0.2) is 20.7 Å². The number of hydrogen-bond acceptors (Lipinski definition) is 4. The van der Waals surface area contributed by atoms with Crippen molar-refractivity contribution in [2.75, 3.05) is 0 Å². The van der Waals surface area contributed by atoms with Crippen LogP contribution in [0.25, 0.3) is 5.69 Å². The normalized spacial score (nSPS) is 11.1. The molecule has 0 saturated carbocycles. The molecule has 0 aliphatic heterocycles. The number of aryl methyl sites for hydroxylation is 1. The predicted octanol–water partition coefficient (Wildman–Crippen LogP) is 7.62. The maximum Gasteiger partial charge on any atom is 0.232 e. The van der Waals surface area contributed by atoms with Crippen molar-refractivity contribution >= 4 is 40.9 Å². The Hall–Kier alpha value is -3.58. The second-order valence-corrected chi connectivity index (χ2v) is 10.9. The van der Waals surface area contributed by atoms with Gasteiger partial charge in [0.15, 0.2) is 11.0 Å². The van der Waals surface area contributed by atoms with Gasteiger partial charge >= 0.3 is 0 Å². The molecule has 0 fully saturated rings. The first-order chi connectivity index (χ1) is 19.0. The lowest BCUT2D eigenvalue weighted by atomic mass is 9.90. The topological polar surface area (TPSA) is 59.8 Å². The number of thioether (sulfide) groups is 1. The van der Waals surface area contributed by atoms with E-state index in [9.17, 15) is 4.79 Å². The third-order valence-electron chi connectivity index (χ3n) is 6.25. The number of hydrogen-bond donors (Lipinski definition) is 1. The summed E-state index contributed by atoms with van der Waals surface area (Å²) in [6.45, 7) is 2.23. The number of carbonyl (C=O) groups excluding carboxylic acids is 1. The lowest BCUT2D eigenvalue weighted by Gasteiger charge is -2.18. The summed E-state index contributed by atoms with van der Waals surface area (Å²) in [4.78, 5) is 13.6. The fourth-order valence-corrected chi connectivity index (χ4v) is 5.69. The lowest BCUT2D eigenvalue weighted by Crippen LogP contribution is -2.30. The van der Waals surface area contributed by atoms with E-state index in [1.165, 1.54) is 11.1 Å². The van der Waals surface area contributed by atoms with Crippen LogP contribution in [0.15, 0.2) is 108 Å². The monoisotopic (exact) mass is 572 g/mol. The van der Waals surface area contributed by atoms with Crippen LogP contribution in [0.5, 0.6) is 0 Å². The van der Waals surface area contributed by atoms with Crippen LogP contribution in [-0.2, 0) is 17.1 Å². The maximum atomic E-state index is 13.6. The molecule has 0 radical (unpaired) electrons. The van der Waals surface area contributed by atoms with E-state index >= 15 is 0 Å². The van der Waals surface area contributed by atoms with Gasteiger partial charge in [-0.3, -0.25) is 9.36 Å². The Labute approximate surface area is 242 Å². The Morgan fingerprint density at radius 2 is 1.56 bits per heavy atom. The SMILES string of the molecule is Cc1cccc(CSc2nnc(CNC(=O)C(c3ccccc3)c3ccccc3)n2-c2cc(Cl)ccc2Cl)c1. The average Bonchev–Trinajstić information content (AvgIpc) is 3.36. The minimum atomic E-state index is -0.464. The van der Waals surface area contributed by atoms with E-state index in [-0.39, 0.29) is 12.5 Å². The first-order valence-electron chi connectivity index (χ1n) is 12.5. The molecule has 8 heteroatoms. The van der Waals surface area contributed by atoms with E-state index in [4.69, 9.17) is 23.2 Å². The van der Waals surface area contributed by atoms with Crippen LogP contribution in [0.3, 0.4) is 0 Å². The van der Waals surface area contributed by atoms with E-state index in [2.05, 4.69) is 40.6 Å². The maximum absolute atomic E-state index is 13.6. The van der Waals surface area contributed by atoms with Gasteiger partial charge in [-0.15, -0.1) is 10.2 Å². The van der Waals surface area contributed by atoms with Gasteiger partial charge in [-0.25, -0.2) is 0 Å². The molecule has 1 aromatic heterocycles. The Bertz CT molecular complexity index is 1540. The van der Waals surface area contributed by atoms with Crippen LogP contribution in [0.1, 0.15) is 34.0 Å². The minimum Gasteiger partial charge on any atom is -0.348 e. The number of aromatic nitrogens is 3. The molecule has 0 bridgehead atoms. The first kappa shape index (κ1) is 27.0. The number of nitrogens with zero attached hydrogens (tertiary/aromatic N) is 3. The smallest absolute Gasteiger partial charge is 0.232 e. The first-order valence-corrected chi connectivity index (χ1v) is 14.2.